The van der Waals surface area contributed by atoms with Gasteiger partial charge in [-0.2, -0.15) is 0 Å². The first-order valence-corrected chi connectivity index (χ1v) is 12.4. The van der Waals surface area contributed by atoms with Crippen molar-refractivity contribution in [2.24, 2.45) is 11.8 Å². The van der Waals surface area contributed by atoms with Crippen LogP contribution in [0.25, 0.3) is 0 Å². The first-order valence-electron chi connectivity index (χ1n) is 11.5. The van der Waals surface area contributed by atoms with Crippen LogP contribution in [0.4, 0.5) is 0 Å². The third-order valence-electron chi connectivity index (χ3n) is 5.95. The van der Waals surface area contributed by atoms with Gasteiger partial charge < -0.3 is 21.1 Å². The van der Waals surface area contributed by atoms with E-state index in [0.717, 1.165) is 38.0 Å². The molecule has 1 aromatic heterocycles. The average molecular weight is 452 g/mol. The fourth-order valence-electron chi connectivity index (χ4n) is 3.94. The minimum absolute atomic E-state index is 0.131. The van der Waals surface area contributed by atoms with E-state index in [0.29, 0.717) is 24.3 Å². The topological polar surface area (TPSA) is 108 Å². The van der Waals surface area contributed by atoms with E-state index < -0.39 is 12.1 Å². The number of carbonyl (C=O) groups excluding carboxylic acids is 3. The smallest absolute Gasteiger partial charge is 0.261 e. The molecule has 0 bridgehead atoms. The molecule has 2 atom stereocenters. The third kappa shape index (κ3) is 8.99. The quantitative estimate of drug-likeness (QED) is 0.367. The van der Waals surface area contributed by atoms with Crippen molar-refractivity contribution in [1.82, 2.24) is 16.0 Å². The Labute approximate surface area is 189 Å². The predicted molar refractivity (Wildman–Crippen MR) is 123 cm³/mol. The van der Waals surface area contributed by atoms with Gasteiger partial charge in [0.05, 0.1) is 11.0 Å². The molecule has 1 aromatic rings. The summed E-state index contributed by atoms with van der Waals surface area (Å²) in [5.41, 5.74) is 0. The number of amides is 3. The molecule has 1 fully saturated rings. The number of aliphatic hydroxyl groups excluding tert-OH is 1. The van der Waals surface area contributed by atoms with Gasteiger partial charge in [0.15, 0.2) is 0 Å². The molecule has 3 amide bonds. The zero-order valence-electron chi connectivity index (χ0n) is 18.7. The lowest BCUT2D eigenvalue weighted by Gasteiger charge is -2.27. The van der Waals surface area contributed by atoms with Crippen LogP contribution in [0.3, 0.4) is 0 Å². The number of unbranched alkanes of at least 4 members (excludes halogenated alkanes) is 1. The third-order valence-corrected chi connectivity index (χ3v) is 6.82. The van der Waals surface area contributed by atoms with Gasteiger partial charge in [-0.05, 0) is 69.2 Å². The summed E-state index contributed by atoms with van der Waals surface area (Å²) in [6.45, 7) is 4.52. The summed E-state index contributed by atoms with van der Waals surface area (Å²) in [6, 6.07) is 2.83. The fourth-order valence-corrected chi connectivity index (χ4v) is 4.57. The standard InChI is InChI=1S/C23H37N3O4S/c1-3-17-9-11-18(12-10-17)21(28)24-13-5-4-7-19(22(29)25-15-16(2)27)26-23(30)20-8-6-14-31-20/h6,8,14,16-19,27H,3-5,7,9-13,15H2,1-2H3,(H,24,28)(H,25,29)(H,26,30)/t16-,17?,18?,19?/m1/s1. The molecule has 0 saturated heterocycles. The Kier molecular flexibility index (Phi) is 11.0. The van der Waals surface area contributed by atoms with E-state index in [1.165, 1.54) is 17.8 Å². The second-order valence-electron chi connectivity index (χ2n) is 8.51. The number of aliphatic hydroxyl groups is 1. The molecule has 174 valence electrons. The highest BCUT2D eigenvalue weighted by atomic mass is 32.1. The summed E-state index contributed by atoms with van der Waals surface area (Å²) in [4.78, 5) is 37.8. The second-order valence-corrected chi connectivity index (χ2v) is 9.46. The molecule has 1 saturated carbocycles. The molecule has 0 aromatic carbocycles. The Morgan fingerprint density at radius 3 is 2.52 bits per heavy atom. The largest absolute Gasteiger partial charge is 0.392 e. The molecule has 1 aliphatic rings. The van der Waals surface area contributed by atoms with E-state index in [2.05, 4.69) is 22.9 Å². The van der Waals surface area contributed by atoms with Crippen LogP contribution in [0.2, 0.25) is 0 Å². The Bertz CT molecular complexity index is 685. The molecule has 1 unspecified atom stereocenters. The summed E-state index contributed by atoms with van der Waals surface area (Å²) in [7, 11) is 0. The van der Waals surface area contributed by atoms with Crippen molar-refractivity contribution >= 4 is 29.1 Å². The van der Waals surface area contributed by atoms with Crippen molar-refractivity contribution in [2.45, 2.75) is 77.4 Å². The van der Waals surface area contributed by atoms with Gasteiger partial charge in [-0.15, -0.1) is 11.3 Å². The fraction of sp³-hybridized carbons (Fsp3) is 0.696. The molecule has 1 heterocycles. The van der Waals surface area contributed by atoms with Gasteiger partial charge in [-0.3, -0.25) is 14.4 Å². The van der Waals surface area contributed by atoms with Crippen LogP contribution in [-0.2, 0) is 9.59 Å². The maximum Gasteiger partial charge on any atom is 0.261 e. The molecule has 7 nitrogen and oxygen atoms in total. The van der Waals surface area contributed by atoms with Crippen LogP contribution in [0.15, 0.2) is 17.5 Å². The van der Waals surface area contributed by atoms with E-state index in [1.54, 1.807) is 19.1 Å². The maximum atomic E-state index is 12.5. The minimum atomic E-state index is -0.673. The zero-order valence-corrected chi connectivity index (χ0v) is 19.5. The van der Waals surface area contributed by atoms with Crippen LogP contribution in [0.1, 0.15) is 74.9 Å². The van der Waals surface area contributed by atoms with Crippen LogP contribution in [0.5, 0.6) is 0 Å². The first kappa shape index (κ1) is 25.3. The van der Waals surface area contributed by atoms with Gasteiger partial charge in [0.1, 0.15) is 6.04 Å². The number of nitrogens with one attached hydrogen (secondary N) is 3. The van der Waals surface area contributed by atoms with E-state index in [4.69, 9.17) is 0 Å². The van der Waals surface area contributed by atoms with E-state index in [1.807, 2.05) is 5.38 Å². The second kappa shape index (κ2) is 13.5. The van der Waals surface area contributed by atoms with E-state index in [-0.39, 0.29) is 30.2 Å². The lowest BCUT2D eigenvalue weighted by atomic mass is 9.80. The van der Waals surface area contributed by atoms with Gasteiger partial charge in [0.25, 0.3) is 5.91 Å². The molecule has 8 heteroatoms. The van der Waals surface area contributed by atoms with Crippen LogP contribution >= 0.6 is 11.3 Å². The van der Waals surface area contributed by atoms with Gasteiger partial charge in [-0.25, -0.2) is 0 Å². The summed E-state index contributed by atoms with van der Waals surface area (Å²) in [5.74, 6) is 0.467. The maximum absolute atomic E-state index is 12.5. The Hall–Kier alpha value is -1.93. The Morgan fingerprint density at radius 2 is 1.90 bits per heavy atom. The lowest BCUT2D eigenvalue weighted by Crippen LogP contribution is -2.48. The Morgan fingerprint density at radius 1 is 1.16 bits per heavy atom. The first-order chi connectivity index (χ1) is 14.9. The van der Waals surface area contributed by atoms with Crippen molar-refractivity contribution in [3.63, 3.8) is 0 Å². The molecule has 4 N–H and O–H groups in total. The van der Waals surface area contributed by atoms with E-state index in [9.17, 15) is 19.5 Å². The monoisotopic (exact) mass is 451 g/mol. The molecule has 0 aliphatic heterocycles. The van der Waals surface area contributed by atoms with Crippen LogP contribution < -0.4 is 16.0 Å². The van der Waals surface area contributed by atoms with Gasteiger partial charge in [0.2, 0.25) is 11.8 Å². The van der Waals surface area contributed by atoms with Gasteiger partial charge in [-0.1, -0.05) is 19.4 Å². The molecular formula is C23H37N3O4S. The summed E-state index contributed by atoms with van der Waals surface area (Å²) in [5, 5.41) is 19.7. The number of rotatable bonds is 12. The molecule has 0 radical (unpaired) electrons. The summed E-state index contributed by atoms with van der Waals surface area (Å²) < 4.78 is 0. The molecule has 0 spiro atoms. The normalized spacial score (nSPS) is 20.5. The van der Waals surface area contributed by atoms with Gasteiger partial charge in [0, 0.05) is 19.0 Å². The molecule has 2 rings (SSSR count). The molecule has 1 aliphatic carbocycles. The highest BCUT2D eigenvalue weighted by molar-refractivity contribution is 7.12. The highest BCUT2D eigenvalue weighted by Gasteiger charge is 2.25. The average Bonchev–Trinajstić information content (AvgIpc) is 3.31. The molecule has 31 heavy (non-hydrogen) atoms. The van der Waals surface area contributed by atoms with E-state index >= 15 is 0 Å². The number of hydrogen-bond donors (Lipinski definition) is 4. The van der Waals surface area contributed by atoms with Crippen molar-refractivity contribution in [1.29, 1.82) is 0 Å². The van der Waals surface area contributed by atoms with Crippen LogP contribution in [0, 0.1) is 11.8 Å². The SMILES string of the molecule is CCC1CCC(C(=O)NCCCCC(NC(=O)c2cccs2)C(=O)NC[C@@H](C)O)CC1. The number of carbonyl (C=O) groups is 3. The summed E-state index contributed by atoms with van der Waals surface area (Å²) >= 11 is 1.32. The number of thiophene rings is 1. The predicted octanol–water partition coefficient (Wildman–Crippen LogP) is 2.85. The van der Waals surface area contributed by atoms with Crippen molar-refractivity contribution in [2.75, 3.05) is 13.1 Å². The minimum Gasteiger partial charge on any atom is -0.392 e. The molecular weight excluding hydrogens is 414 g/mol. The number of hydrogen-bond acceptors (Lipinski definition) is 5. The van der Waals surface area contributed by atoms with Crippen molar-refractivity contribution in [3.8, 4) is 0 Å². The zero-order chi connectivity index (χ0) is 22.6. The van der Waals surface area contributed by atoms with Crippen molar-refractivity contribution in [3.05, 3.63) is 22.4 Å². The van der Waals surface area contributed by atoms with Gasteiger partial charge >= 0.3 is 0 Å². The Balaban J connectivity index is 1.74. The van der Waals surface area contributed by atoms with Crippen molar-refractivity contribution < 1.29 is 19.5 Å². The highest BCUT2D eigenvalue weighted by Crippen LogP contribution is 2.30. The van der Waals surface area contributed by atoms with Crippen LogP contribution in [-0.4, -0.2) is 48.1 Å². The summed E-state index contributed by atoms with van der Waals surface area (Å²) in [6.07, 6.45) is 6.69. The lowest BCUT2D eigenvalue weighted by molar-refractivity contribution is -0.126.